The van der Waals surface area contributed by atoms with Gasteiger partial charge in [-0.25, -0.2) is 19.6 Å². The van der Waals surface area contributed by atoms with E-state index in [1.54, 1.807) is 0 Å². The lowest BCUT2D eigenvalue weighted by molar-refractivity contribution is 0.0690. The quantitative estimate of drug-likeness (QED) is 0.839. The molecule has 0 aliphatic heterocycles. The van der Waals surface area contributed by atoms with Crippen LogP contribution in [0.2, 0.25) is 0 Å². The van der Waals surface area contributed by atoms with Crippen molar-refractivity contribution in [2.24, 2.45) is 0 Å². The molecule has 0 bridgehead atoms. The minimum absolute atomic E-state index is 0.0160. The fourth-order valence-corrected chi connectivity index (χ4v) is 1.75. The van der Waals surface area contributed by atoms with E-state index in [2.05, 4.69) is 15.3 Å². The van der Waals surface area contributed by atoms with Crippen LogP contribution in [0.25, 0.3) is 0 Å². The van der Waals surface area contributed by atoms with Crippen molar-refractivity contribution in [2.75, 3.05) is 12.4 Å². The van der Waals surface area contributed by atoms with Crippen molar-refractivity contribution in [3.63, 3.8) is 0 Å². The summed E-state index contributed by atoms with van der Waals surface area (Å²) in [4.78, 5) is 30.5. The first-order valence-corrected chi connectivity index (χ1v) is 6.66. The SMILES string of the molecule is COCc1nc(NC(=O)OCc2ccccc2)ncc1C(=O)O. The van der Waals surface area contributed by atoms with E-state index in [1.165, 1.54) is 7.11 Å². The first-order valence-electron chi connectivity index (χ1n) is 6.66. The minimum Gasteiger partial charge on any atom is -0.478 e. The lowest BCUT2D eigenvalue weighted by Gasteiger charge is -2.08. The van der Waals surface area contributed by atoms with Gasteiger partial charge in [-0.3, -0.25) is 5.32 Å². The summed E-state index contributed by atoms with van der Waals surface area (Å²) in [5, 5.41) is 11.4. The largest absolute Gasteiger partial charge is 0.478 e. The summed E-state index contributed by atoms with van der Waals surface area (Å²) in [5.41, 5.74) is 0.910. The molecule has 23 heavy (non-hydrogen) atoms. The summed E-state index contributed by atoms with van der Waals surface area (Å²) in [6.45, 7) is 0.0860. The van der Waals surface area contributed by atoms with Gasteiger partial charge in [0.1, 0.15) is 12.2 Å². The molecule has 8 heteroatoms. The summed E-state index contributed by atoms with van der Waals surface area (Å²) in [5.74, 6) is -1.23. The van der Waals surface area contributed by atoms with Gasteiger partial charge in [0.15, 0.2) is 0 Å². The smallest absolute Gasteiger partial charge is 0.414 e. The van der Waals surface area contributed by atoms with E-state index in [4.69, 9.17) is 14.6 Å². The molecule has 1 amide bonds. The number of amides is 1. The molecule has 0 aliphatic rings. The van der Waals surface area contributed by atoms with Gasteiger partial charge < -0.3 is 14.6 Å². The van der Waals surface area contributed by atoms with Gasteiger partial charge in [-0.1, -0.05) is 30.3 Å². The zero-order valence-corrected chi connectivity index (χ0v) is 12.4. The van der Waals surface area contributed by atoms with Crippen molar-refractivity contribution in [1.82, 2.24) is 9.97 Å². The van der Waals surface area contributed by atoms with E-state index in [1.807, 2.05) is 30.3 Å². The number of nitrogens with zero attached hydrogens (tertiary/aromatic N) is 2. The van der Waals surface area contributed by atoms with Gasteiger partial charge in [0.2, 0.25) is 5.95 Å². The topological polar surface area (TPSA) is 111 Å². The van der Waals surface area contributed by atoms with E-state index in [9.17, 15) is 9.59 Å². The first-order chi connectivity index (χ1) is 11.1. The second kappa shape index (κ2) is 7.85. The highest BCUT2D eigenvalue weighted by Gasteiger charge is 2.15. The maximum atomic E-state index is 11.7. The number of carboxylic acids is 1. The Morgan fingerprint density at radius 3 is 2.61 bits per heavy atom. The van der Waals surface area contributed by atoms with Crippen LogP contribution in [-0.2, 0) is 22.7 Å². The lowest BCUT2D eigenvalue weighted by Crippen LogP contribution is -2.17. The van der Waals surface area contributed by atoms with Gasteiger partial charge in [-0.2, -0.15) is 0 Å². The van der Waals surface area contributed by atoms with Crippen molar-refractivity contribution in [3.8, 4) is 0 Å². The fourth-order valence-electron chi connectivity index (χ4n) is 1.75. The van der Waals surface area contributed by atoms with Gasteiger partial charge in [0, 0.05) is 13.3 Å². The Balaban J connectivity index is 2.00. The molecule has 1 aromatic carbocycles. The third-order valence-electron chi connectivity index (χ3n) is 2.81. The van der Waals surface area contributed by atoms with Gasteiger partial charge in [-0.05, 0) is 5.56 Å². The van der Waals surface area contributed by atoms with Crippen LogP contribution in [0, 0.1) is 0 Å². The zero-order chi connectivity index (χ0) is 16.7. The monoisotopic (exact) mass is 317 g/mol. The molecule has 0 saturated heterocycles. The minimum atomic E-state index is -1.17. The summed E-state index contributed by atoms with van der Waals surface area (Å²) in [6, 6.07) is 9.17. The number of nitrogens with one attached hydrogen (secondary N) is 1. The predicted molar refractivity (Wildman–Crippen MR) is 80.0 cm³/mol. The van der Waals surface area contributed by atoms with Crippen LogP contribution < -0.4 is 5.32 Å². The Morgan fingerprint density at radius 1 is 1.22 bits per heavy atom. The highest BCUT2D eigenvalue weighted by atomic mass is 16.5. The van der Waals surface area contributed by atoms with Crippen LogP contribution in [0.5, 0.6) is 0 Å². The van der Waals surface area contributed by atoms with Crippen LogP contribution in [0.4, 0.5) is 10.7 Å². The molecule has 1 aromatic heterocycles. The molecule has 120 valence electrons. The van der Waals surface area contributed by atoms with E-state index in [-0.39, 0.29) is 30.4 Å². The highest BCUT2D eigenvalue weighted by Crippen LogP contribution is 2.10. The number of carbonyl (C=O) groups is 2. The number of benzene rings is 1. The van der Waals surface area contributed by atoms with Crippen molar-refractivity contribution in [1.29, 1.82) is 0 Å². The summed E-state index contributed by atoms with van der Waals surface area (Å²) < 4.78 is 9.92. The number of carboxylic acid groups (broad SMARTS) is 1. The van der Waals surface area contributed by atoms with Crippen LogP contribution >= 0.6 is 0 Å². The van der Waals surface area contributed by atoms with Crippen LogP contribution in [0.3, 0.4) is 0 Å². The fraction of sp³-hybridized carbons (Fsp3) is 0.200. The van der Waals surface area contributed by atoms with Crippen molar-refractivity contribution < 1.29 is 24.2 Å². The lowest BCUT2D eigenvalue weighted by atomic mass is 10.2. The summed E-state index contributed by atoms with van der Waals surface area (Å²) in [6.07, 6.45) is 0.372. The Kier molecular flexibility index (Phi) is 5.59. The number of methoxy groups -OCH3 is 1. The molecule has 0 radical (unpaired) electrons. The van der Waals surface area contributed by atoms with Gasteiger partial charge >= 0.3 is 12.1 Å². The molecule has 0 spiro atoms. The van der Waals surface area contributed by atoms with Crippen molar-refractivity contribution in [3.05, 3.63) is 53.3 Å². The molecule has 0 aliphatic carbocycles. The molecular weight excluding hydrogens is 302 g/mol. The number of ether oxygens (including phenoxy) is 2. The predicted octanol–water partition coefficient (Wildman–Crippen LogP) is 2.07. The Labute approximate surface area is 132 Å². The van der Waals surface area contributed by atoms with Crippen LogP contribution in [-0.4, -0.2) is 34.2 Å². The Bertz CT molecular complexity index is 691. The maximum Gasteiger partial charge on any atom is 0.414 e. The summed E-state index contributed by atoms with van der Waals surface area (Å²) >= 11 is 0. The van der Waals surface area contributed by atoms with E-state index < -0.39 is 12.1 Å². The van der Waals surface area contributed by atoms with Crippen molar-refractivity contribution in [2.45, 2.75) is 13.2 Å². The normalized spacial score (nSPS) is 10.1. The third-order valence-corrected chi connectivity index (χ3v) is 2.81. The molecule has 0 fully saturated rings. The molecule has 0 saturated carbocycles. The Morgan fingerprint density at radius 2 is 1.96 bits per heavy atom. The molecule has 8 nitrogen and oxygen atoms in total. The van der Waals surface area contributed by atoms with E-state index in [0.717, 1.165) is 11.8 Å². The highest BCUT2D eigenvalue weighted by molar-refractivity contribution is 5.89. The molecule has 2 N–H and O–H groups in total. The van der Waals surface area contributed by atoms with Crippen molar-refractivity contribution >= 4 is 18.0 Å². The Hall–Kier alpha value is -3.00. The van der Waals surface area contributed by atoms with E-state index in [0.29, 0.717) is 0 Å². The zero-order valence-electron chi connectivity index (χ0n) is 12.4. The number of rotatable bonds is 6. The molecule has 2 rings (SSSR count). The second-order valence-corrected chi connectivity index (χ2v) is 4.48. The third kappa shape index (κ3) is 4.75. The number of aromatic nitrogens is 2. The number of hydrogen-bond donors (Lipinski definition) is 2. The summed E-state index contributed by atoms with van der Waals surface area (Å²) in [7, 11) is 1.41. The molecule has 1 heterocycles. The number of aromatic carboxylic acids is 1. The molecule has 2 aromatic rings. The second-order valence-electron chi connectivity index (χ2n) is 4.48. The van der Waals surface area contributed by atoms with E-state index >= 15 is 0 Å². The van der Waals surface area contributed by atoms with Crippen LogP contribution in [0.15, 0.2) is 36.5 Å². The average Bonchev–Trinajstić information content (AvgIpc) is 2.54. The van der Waals surface area contributed by atoms with Gasteiger partial charge in [0.05, 0.1) is 12.3 Å². The molecule has 0 unspecified atom stereocenters. The molecular formula is C15H15N3O5. The molecule has 0 atom stereocenters. The number of carbonyl (C=O) groups excluding carboxylic acids is 1. The number of anilines is 1. The maximum absolute atomic E-state index is 11.7. The van der Waals surface area contributed by atoms with Gasteiger partial charge in [0.25, 0.3) is 0 Å². The first kappa shape index (κ1) is 16.4. The number of hydrogen-bond acceptors (Lipinski definition) is 6. The van der Waals surface area contributed by atoms with Crippen LogP contribution in [0.1, 0.15) is 21.6 Å². The standard InChI is InChI=1S/C15H15N3O5/c1-22-9-12-11(13(19)20)7-16-14(17-12)18-15(21)23-8-10-5-3-2-4-6-10/h2-7H,8-9H2,1H3,(H,19,20)(H,16,17,18,21). The average molecular weight is 317 g/mol. The van der Waals surface area contributed by atoms with Gasteiger partial charge in [-0.15, -0.1) is 0 Å².